The zero-order valence-corrected chi connectivity index (χ0v) is 12.0. The fraction of sp³-hybridized carbons (Fsp3) is 0.600. The molecule has 0 bridgehead atoms. The fourth-order valence-electron chi connectivity index (χ4n) is 2.84. The molecular weight excluding hydrogens is 252 g/mol. The monoisotopic (exact) mass is 274 g/mol. The SMILES string of the molecule is CCc1cc(CN2CCC(Cn3ccnc3)CC2)on1. The second-order valence-electron chi connectivity index (χ2n) is 5.62. The van der Waals surface area contributed by atoms with E-state index in [0.29, 0.717) is 0 Å². The lowest BCUT2D eigenvalue weighted by molar-refractivity contribution is 0.153. The van der Waals surface area contributed by atoms with Crippen molar-refractivity contribution in [3.63, 3.8) is 0 Å². The van der Waals surface area contributed by atoms with Gasteiger partial charge in [-0.1, -0.05) is 12.1 Å². The van der Waals surface area contributed by atoms with Crippen LogP contribution in [-0.4, -0.2) is 32.7 Å². The molecule has 5 heteroatoms. The fourth-order valence-corrected chi connectivity index (χ4v) is 2.84. The van der Waals surface area contributed by atoms with Gasteiger partial charge in [-0.2, -0.15) is 0 Å². The van der Waals surface area contributed by atoms with Gasteiger partial charge < -0.3 is 9.09 Å². The maximum absolute atomic E-state index is 5.37. The molecule has 1 aliphatic heterocycles. The molecule has 1 aliphatic rings. The molecule has 3 heterocycles. The quantitative estimate of drug-likeness (QED) is 0.839. The van der Waals surface area contributed by atoms with Gasteiger partial charge in [-0.3, -0.25) is 4.90 Å². The average molecular weight is 274 g/mol. The van der Waals surface area contributed by atoms with Crippen molar-refractivity contribution in [1.82, 2.24) is 19.6 Å². The normalized spacial score (nSPS) is 17.6. The minimum atomic E-state index is 0.765. The summed E-state index contributed by atoms with van der Waals surface area (Å²) in [4.78, 5) is 6.56. The van der Waals surface area contributed by atoms with Crippen molar-refractivity contribution < 1.29 is 4.52 Å². The minimum absolute atomic E-state index is 0.765. The minimum Gasteiger partial charge on any atom is -0.360 e. The van der Waals surface area contributed by atoms with E-state index < -0.39 is 0 Å². The van der Waals surface area contributed by atoms with Gasteiger partial charge in [0.2, 0.25) is 0 Å². The van der Waals surface area contributed by atoms with E-state index in [9.17, 15) is 0 Å². The number of hydrogen-bond donors (Lipinski definition) is 0. The Kier molecular flexibility index (Phi) is 4.16. The van der Waals surface area contributed by atoms with Gasteiger partial charge in [0, 0.05) is 25.0 Å². The van der Waals surface area contributed by atoms with Gasteiger partial charge in [0.25, 0.3) is 0 Å². The molecule has 2 aromatic heterocycles. The summed E-state index contributed by atoms with van der Waals surface area (Å²) >= 11 is 0. The molecule has 3 rings (SSSR count). The molecular formula is C15H22N4O. The maximum atomic E-state index is 5.37. The van der Waals surface area contributed by atoms with E-state index in [4.69, 9.17) is 4.52 Å². The third kappa shape index (κ3) is 3.28. The summed E-state index contributed by atoms with van der Waals surface area (Å²) in [5, 5.41) is 4.05. The molecule has 1 fully saturated rings. The topological polar surface area (TPSA) is 47.1 Å². The first-order valence-electron chi connectivity index (χ1n) is 7.46. The molecule has 0 N–H and O–H groups in total. The molecule has 5 nitrogen and oxygen atoms in total. The third-order valence-corrected chi connectivity index (χ3v) is 4.08. The summed E-state index contributed by atoms with van der Waals surface area (Å²) in [6.07, 6.45) is 9.24. The van der Waals surface area contributed by atoms with Crippen LogP contribution in [0.15, 0.2) is 29.3 Å². The Morgan fingerprint density at radius 1 is 1.35 bits per heavy atom. The summed E-state index contributed by atoms with van der Waals surface area (Å²) in [5.74, 6) is 1.76. The molecule has 0 aliphatic carbocycles. The van der Waals surface area contributed by atoms with E-state index in [1.165, 1.54) is 12.8 Å². The number of aryl methyl sites for hydroxylation is 1. The highest BCUT2D eigenvalue weighted by atomic mass is 16.5. The van der Waals surface area contributed by atoms with Gasteiger partial charge in [0.15, 0.2) is 5.76 Å². The standard InChI is InChI=1S/C15H22N4O/c1-2-14-9-15(20-17-14)11-18-6-3-13(4-7-18)10-19-8-5-16-12-19/h5,8-9,12-13H,2-4,6-7,10-11H2,1H3. The van der Waals surface area contributed by atoms with Gasteiger partial charge in [-0.15, -0.1) is 0 Å². The van der Waals surface area contributed by atoms with Gasteiger partial charge in [-0.05, 0) is 38.3 Å². The molecule has 0 spiro atoms. The summed E-state index contributed by atoms with van der Waals surface area (Å²) in [7, 11) is 0. The van der Waals surface area contributed by atoms with Crippen LogP contribution in [0.5, 0.6) is 0 Å². The van der Waals surface area contributed by atoms with Crippen LogP contribution in [-0.2, 0) is 19.5 Å². The predicted molar refractivity (Wildman–Crippen MR) is 76.1 cm³/mol. The first-order valence-corrected chi connectivity index (χ1v) is 7.46. The molecule has 0 radical (unpaired) electrons. The van der Waals surface area contributed by atoms with Crippen molar-refractivity contribution in [3.05, 3.63) is 36.2 Å². The molecule has 0 amide bonds. The zero-order chi connectivity index (χ0) is 13.8. The molecule has 0 unspecified atom stereocenters. The van der Waals surface area contributed by atoms with Crippen LogP contribution < -0.4 is 0 Å². The first-order chi connectivity index (χ1) is 9.83. The first kappa shape index (κ1) is 13.4. The summed E-state index contributed by atoms with van der Waals surface area (Å²) < 4.78 is 7.55. The van der Waals surface area contributed by atoms with E-state index >= 15 is 0 Å². The third-order valence-electron chi connectivity index (χ3n) is 4.08. The van der Waals surface area contributed by atoms with Crippen LogP contribution in [0.2, 0.25) is 0 Å². The van der Waals surface area contributed by atoms with E-state index in [0.717, 1.165) is 50.0 Å². The van der Waals surface area contributed by atoms with E-state index in [2.05, 4.69) is 32.6 Å². The number of rotatable bonds is 5. The van der Waals surface area contributed by atoms with Crippen molar-refractivity contribution in [3.8, 4) is 0 Å². The smallest absolute Gasteiger partial charge is 0.150 e. The molecule has 0 saturated carbocycles. The Labute approximate surface area is 119 Å². The second kappa shape index (κ2) is 6.22. The highest BCUT2D eigenvalue weighted by Gasteiger charge is 2.20. The van der Waals surface area contributed by atoms with Crippen molar-refractivity contribution in [2.24, 2.45) is 5.92 Å². The van der Waals surface area contributed by atoms with E-state index in [-0.39, 0.29) is 0 Å². The van der Waals surface area contributed by atoms with Crippen molar-refractivity contribution in [1.29, 1.82) is 0 Å². The molecule has 0 aromatic carbocycles. The molecule has 20 heavy (non-hydrogen) atoms. The number of piperidine rings is 1. The predicted octanol–water partition coefficient (Wildman–Crippen LogP) is 2.35. The molecule has 0 atom stereocenters. The summed E-state index contributed by atoms with van der Waals surface area (Å²) in [6, 6.07) is 2.08. The van der Waals surface area contributed by atoms with Crippen LogP contribution in [0, 0.1) is 5.92 Å². The van der Waals surface area contributed by atoms with Crippen LogP contribution in [0.3, 0.4) is 0 Å². The van der Waals surface area contributed by atoms with Crippen molar-refractivity contribution in [2.45, 2.75) is 39.3 Å². The number of nitrogens with zero attached hydrogens (tertiary/aromatic N) is 4. The summed E-state index contributed by atoms with van der Waals surface area (Å²) in [6.45, 7) is 6.37. The van der Waals surface area contributed by atoms with Crippen molar-refractivity contribution in [2.75, 3.05) is 13.1 Å². The number of imidazole rings is 1. The Bertz CT molecular complexity index is 512. The zero-order valence-electron chi connectivity index (χ0n) is 12.0. The van der Waals surface area contributed by atoms with Crippen LogP contribution in [0.4, 0.5) is 0 Å². The van der Waals surface area contributed by atoms with Crippen LogP contribution >= 0.6 is 0 Å². The average Bonchev–Trinajstić information content (AvgIpc) is 3.12. The van der Waals surface area contributed by atoms with E-state index in [1.807, 2.05) is 18.7 Å². The second-order valence-corrected chi connectivity index (χ2v) is 5.62. The van der Waals surface area contributed by atoms with Crippen molar-refractivity contribution >= 4 is 0 Å². The highest BCUT2D eigenvalue weighted by molar-refractivity contribution is 5.05. The molecule has 1 saturated heterocycles. The lowest BCUT2D eigenvalue weighted by Crippen LogP contribution is -2.34. The number of hydrogen-bond acceptors (Lipinski definition) is 4. The maximum Gasteiger partial charge on any atom is 0.150 e. The Morgan fingerprint density at radius 2 is 2.20 bits per heavy atom. The van der Waals surface area contributed by atoms with E-state index in [1.54, 1.807) is 0 Å². The van der Waals surface area contributed by atoms with Gasteiger partial charge >= 0.3 is 0 Å². The van der Waals surface area contributed by atoms with Gasteiger partial charge in [-0.25, -0.2) is 4.98 Å². The van der Waals surface area contributed by atoms with Gasteiger partial charge in [0.1, 0.15) is 0 Å². The number of aromatic nitrogens is 3. The lowest BCUT2D eigenvalue weighted by atomic mass is 9.96. The Hall–Kier alpha value is -1.62. The Morgan fingerprint density at radius 3 is 2.85 bits per heavy atom. The highest BCUT2D eigenvalue weighted by Crippen LogP contribution is 2.20. The largest absolute Gasteiger partial charge is 0.360 e. The lowest BCUT2D eigenvalue weighted by Gasteiger charge is -2.31. The summed E-state index contributed by atoms with van der Waals surface area (Å²) in [5.41, 5.74) is 1.05. The van der Waals surface area contributed by atoms with Gasteiger partial charge in [0.05, 0.1) is 18.6 Å². The number of likely N-dealkylation sites (tertiary alicyclic amines) is 1. The van der Waals surface area contributed by atoms with Crippen LogP contribution in [0.1, 0.15) is 31.2 Å². The Balaban J connectivity index is 1.46. The molecule has 2 aromatic rings. The van der Waals surface area contributed by atoms with Crippen LogP contribution in [0.25, 0.3) is 0 Å². The molecule has 108 valence electrons.